The van der Waals surface area contributed by atoms with E-state index in [4.69, 9.17) is 11.6 Å². The molecule has 216 valence electrons. The van der Waals surface area contributed by atoms with Crippen molar-refractivity contribution in [2.75, 3.05) is 36.8 Å². The Morgan fingerprint density at radius 3 is 2.42 bits per heavy atom. The molecule has 7 nitrogen and oxygen atoms in total. The van der Waals surface area contributed by atoms with Crippen molar-refractivity contribution >= 4 is 33.1 Å². The van der Waals surface area contributed by atoms with Gasteiger partial charge in [-0.05, 0) is 81.7 Å². The van der Waals surface area contributed by atoms with Crippen molar-refractivity contribution in [2.24, 2.45) is 0 Å². The van der Waals surface area contributed by atoms with E-state index in [1.54, 1.807) is 4.90 Å². The second-order valence-electron chi connectivity index (χ2n) is 9.93. The van der Waals surface area contributed by atoms with E-state index < -0.39 is 43.8 Å². The molecular formula is C26H27ClF5N5O2S. The van der Waals surface area contributed by atoms with Crippen molar-refractivity contribution in [3.63, 3.8) is 0 Å². The fraction of sp³-hybridized carbons (Fsp3) is 0.385. The minimum absolute atomic E-state index is 0.0100. The van der Waals surface area contributed by atoms with Gasteiger partial charge in [0.05, 0.1) is 5.56 Å². The maximum Gasteiger partial charge on any atom is 0.416 e. The van der Waals surface area contributed by atoms with Crippen molar-refractivity contribution in [1.82, 2.24) is 14.9 Å². The first-order valence-corrected chi connectivity index (χ1v) is 14.1. The number of anilines is 2. The van der Waals surface area contributed by atoms with E-state index in [0.717, 1.165) is 30.6 Å². The first-order chi connectivity index (χ1) is 18.7. The Morgan fingerprint density at radius 1 is 1.12 bits per heavy atom. The fourth-order valence-electron chi connectivity index (χ4n) is 4.99. The van der Waals surface area contributed by atoms with Crippen molar-refractivity contribution in [3.05, 3.63) is 76.7 Å². The van der Waals surface area contributed by atoms with E-state index >= 15 is 8.78 Å². The van der Waals surface area contributed by atoms with Crippen molar-refractivity contribution < 1.29 is 30.4 Å². The zero-order valence-corrected chi connectivity index (χ0v) is 23.2. The Bertz CT molecular complexity index is 1450. The fourth-order valence-corrected chi connectivity index (χ4v) is 6.37. The minimum atomic E-state index is -4.62. The van der Waals surface area contributed by atoms with E-state index in [0.29, 0.717) is 44.3 Å². The summed E-state index contributed by atoms with van der Waals surface area (Å²) in [5.41, 5.74) is -0.773. The largest absolute Gasteiger partial charge is 0.416 e. The second-order valence-corrected chi connectivity index (χ2v) is 12.0. The monoisotopic (exact) mass is 603 g/mol. The van der Waals surface area contributed by atoms with E-state index in [9.17, 15) is 21.6 Å². The summed E-state index contributed by atoms with van der Waals surface area (Å²) in [6, 6.07) is 6.64. The van der Waals surface area contributed by atoms with Crippen LogP contribution in [0, 0.1) is 11.6 Å². The third-order valence-corrected chi connectivity index (χ3v) is 8.73. The number of nitrogens with one attached hydrogen (secondary N) is 1. The molecule has 14 heteroatoms. The summed E-state index contributed by atoms with van der Waals surface area (Å²) in [6.45, 7) is 0.770. The molecule has 0 unspecified atom stereocenters. The zero-order chi connectivity index (χ0) is 29.3. The van der Waals surface area contributed by atoms with Gasteiger partial charge in [-0.2, -0.15) is 13.2 Å². The lowest BCUT2D eigenvalue weighted by Gasteiger charge is -2.48. The number of hydrogen-bond donors (Lipinski definition) is 1. The average molecular weight is 604 g/mol. The highest BCUT2D eigenvalue weighted by molar-refractivity contribution is 7.92. The molecule has 2 aromatic carbocycles. The molecule has 4 rings (SSSR count). The van der Waals surface area contributed by atoms with Gasteiger partial charge in [-0.15, -0.1) is 0 Å². The van der Waals surface area contributed by atoms with Gasteiger partial charge in [0.2, 0.25) is 0 Å². The summed E-state index contributed by atoms with van der Waals surface area (Å²) < 4.78 is 97.5. The molecule has 1 aliphatic heterocycles. The van der Waals surface area contributed by atoms with Gasteiger partial charge < -0.3 is 9.80 Å². The molecule has 0 saturated carbocycles. The lowest BCUT2D eigenvalue weighted by atomic mass is 9.82. The number of piperidine rings is 1. The van der Waals surface area contributed by atoms with Gasteiger partial charge in [-0.3, -0.25) is 4.72 Å². The molecule has 1 aromatic heterocycles. The van der Waals surface area contributed by atoms with Crippen LogP contribution >= 0.6 is 11.6 Å². The number of nitrogens with zero attached hydrogens (tertiary/aromatic N) is 4. The molecule has 0 amide bonds. The number of hydrogen-bond acceptors (Lipinski definition) is 6. The lowest BCUT2D eigenvalue weighted by Crippen LogP contribution is -2.56. The van der Waals surface area contributed by atoms with Crippen LogP contribution in [0.4, 0.5) is 33.5 Å². The molecular weight excluding hydrogens is 577 g/mol. The van der Waals surface area contributed by atoms with Crippen molar-refractivity contribution in [3.8, 4) is 0 Å². The van der Waals surface area contributed by atoms with E-state index in [1.807, 2.05) is 23.7 Å². The second kappa shape index (κ2) is 11.5. The Balaban J connectivity index is 1.57. The average Bonchev–Trinajstić information content (AvgIpc) is 2.86. The maximum atomic E-state index is 15.1. The van der Waals surface area contributed by atoms with Crippen molar-refractivity contribution in [1.29, 1.82) is 0 Å². The topological polar surface area (TPSA) is 78.4 Å². The quantitative estimate of drug-likeness (QED) is 0.330. The zero-order valence-electron chi connectivity index (χ0n) is 21.6. The minimum Gasteiger partial charge on any atom is -0.370 e. The number of rotatable bonds is 8. The Hall–Kier alpha value is -3.03. The molecule has 1 aliphatic rings. The molecule has 3 aromatic rings. The molecule has 1 fully saturated rings. The highest BCUT2D eigenvalue weighted by Crippen LogP contribution is 2.37. The third-order valence-electron chi connectivity index (χ3n) is 7.11. The number of benzene rings is 2. The highest BCUT2D eigenvalue weighted by atomic mass is 35.5. The molecule has 0 aliphatic carbocycles. The number of aryl methyl sites for hydroxylation is 1. The van der Waals surface area contributed by atoms with Crippen LogP contribution in [0.5, 0.6) is 0 Å². The van der Waals surface area contributed by atoms with E-state index in [-0.39, 0.29) is 16.5 Å². The normalized spacial score (nSPS) is 18.3. The summed E-state index contributed by atoms with van der Waals surface area (Å²) in [7, 11) is -0.932. The van der Waals surface area contributed by atoms with Crippen LogP contribution < -0.4 is 9.62 Å². The molecule has 0 radical (unpaired) electrons. The van der Waals surface area contributed by atoms with Crippen LogP contribution in [0.2, 0.25) is 5.02 Å². The standard InChI is InChI=1S/C26H27ClF5N5O2S/c1-36(2)25(7-4-17-10-18(26(30,31)32)12-19(27)11-17)6-3-9-37(15-25)20-13-21(28)24(22(29)14-20)40(38,39)35-23-5-8-33-16-34-23/h5,8,10-14,16H,3-4,6-7,9,15H2,1-2H3,(H,33,34,35)/t25-/m1/s1. The van der Waals surface area contributed by atoms with Gasteiger partial charge in [0.15, 0.2) is 4.90 Å². The molecule has 1 saturated heterocycles. The summed E-state index contributed by atoms with van der Waals surface area (Å²) >= 11 is 5.95. The number of alkyl halides is 3. The lowest BCUT2D eigenvalue weighted by molar-refractivity contribution is -0.137. The van der Waals surface area contributed by atoms with Gasteiger partial charge in [-0.1, -0.05) is 11.6 Å². The Morgan fingerprint density at radius 2 is 1.82 bits per heavy atom. The molecule has 2 heterocycles. The van der Waals surface area contributed by atoms with Gasteiger partial charge >= 0.3 is 6.18 Å². The molecule has 40 heavy (non-hydrogen) atoms. The maximum absolute atomic E-state index is 15.1. The van der Waals surface area contributed by atoms with Gasteiger partial charge in [0.1, 0.15) is 23.8 Å². The molecule has 1 N–H and O–H groups in total. The smallest absolute Gasteiger partial charge is 0.370 e. The van der Waals surface area contributed by atoms with Gasteiger partial charge in [0, 0.05) is 35.5 Å². The Labute approximate surface area is 234 Å². The Kier molecular flexibility index (Phi) is 8.57. The SMILES string of the molecule is CN(C)[C@@]1(CCc2cc(Cl)cc(C(F)(F)F)c2)CCCN(c2cc(F)c(S(=O)(=O)Nc3ccncn3)c(F)c2)C1. The molecule has 0 spiro atoms. The van der Waals surface area contributed by atoms with E-state index in [2.05, 4.69) is 9.97 Å². The molecule has 0 bridgehead atoms. The number of aromatic nitrogens is 2. The van der Waals surface area contributed by atoms with Crippen LogP contribution in [0.3, 0.4) is 0 Å². The predicted molar refractivity (Wildman–Crippen MR) is 142 cm³/mol. The summed E-state index contributed by atoms with van der Waals surface area (Å²) in [5.74, 6) is -2.68. The van der Waals surface area contributed by atoms with Crippen LogP contribution in [0.25, 0.3) is 0 Å². The van der Waals surface area contributed by atoms with Crippen LogP contribution in [0.15, 0.2) is 53.8 Å². The van der Waals surface area contributed by atoms with Crippen LogP contribution in [0.1, 0.15) is 30.4 Å². The first kappa shape index (κ1) is 29.9. The van der Waals surface area contributed by atoms with Gasteiger partial charge in [0.25, 0.3) is 10.0 Å². The summed E-state index contributed by atoms with van der Waals surface area (Å²) in [6.07, 6.45) is -0.0841. The first-order valence-electron chi connectivity index (χ1n) is 12.3. The number of halogens is 6. The van der Waals surface area contributed by atoms with Crippen LogP contribution in [-0.4, -0.2) is 56.0 Å². The highest BCUT2D eigenvalue weighted by Gasteiger charge is 2.38. The molecule has 1 atom stereocenters. The summed E-state index contributed by atoms with van der Waals surface area (Å²) in [4.78, 5) is 9.96. The predicted octanol–water partition coefficient (Wildman–Crippen LogP) is 5.76. The van der Waals surface area contributed by atoms with Crippen molar-refractivity contribution in [2.45, 2.75) is 42.3 Å². The van der Waals surface area contributed by atoms with E-state index in [1.165, 1.54) is 18.3 Å². The number of likely N-dealkylation sites (N-methyl/N-ethyl adjacent to an activating group) is 1. The number of sulfonamides is 1. The third kappa shape index (κ3) is 6.64. The van der Waals surface area contributed by atoms with Crippen LogP contribution in [-0.2, 0) is 22.6 Å². The summed E-state index contributed by atoms with van der Waals surface area (Å²) in [5, 5.41) is -0.0100. The van der Waals surface area contributed by atoms with Gasteiger partial charge in [-0.25, -0.2) is 27.2 Å².